The zero-order valence-corrected chi connectivity index (χ0v) is 15.8. The van der Waals surface area contributed by atoms with Gasteiger partial charge >= 0.3 is 5.88 Å². The van der Waals surface area contributed by atoms with E-state index in [1.165, 1.54) is 18.2 Å². The van der Waals surface area contributed by atoms with E-state index in [1.807, 2.05) is 6.07 Å². The molecule has 4 rings (SSSR count). The molecule has 1 fully saturated rings. The van der Waals surface area contributed by atoms with Crippen molar-refractivity contribution in [1.29, 1.82) is 5.26 Å². The van der Waals surface area contributed by atoms with Crippen molar-refractivity contribution in [3.05, 3.63) is 29.1 Å². The summed E-state index contributed by atoms with van der Waals surface area (Å²) in [6.07, 6.45) is 8.17. The Kier molecular flexibility index (Phi) is 5.25. The van der Waals surface area contributed by atoms with E-state index < -0.39 is 0 Å². The van der Waals surface area contributed by atoms with E-state index in [0.717, 1.165) is 56.5 Å². The maximum atomic E-state index is 12.3. The molecule has 1 N–H and O–H groups in total. The summed E-state index contributed by atoms with van der Waals surface area (Å²) in [7, 11) is 0. The van der Waals surface area contributed by atoms with Crippen LogP contribution in [0.25, 0.3) is 0 Å². The minimum Gasteiger partial charge on any atom is -0.288 e. The molecule has 140 valence electrons. The van der Waals surface area contributed by atoms with Crippen LogP contribution in [0, 0.1) is 11.3 Å². The average molecular weight is 385 g/mol. The molecule has 2 aromatic rings. The van der Waals surface area contributed by atoms with E-state index >= 15 is 0 Å². The van der Waals surface area contributed by atoms with E-state index in [9.17, 15) is 10.1 Å². The molecule has 0 atom stereocenters. The Hall–Kier alpha value is -2.60. The minimum atomic E-state index is -0.215. The van der Waals surface area contributed by atoms with Crippen molar-refractivity contribution >= 4 is 23.6 Å². The highest BCUT2D eigenvalue weighted by atomic mass is 32.2. The van der Waals surface area contributed by atoms with Crippen molar-refractivity contribution in [2.45, 2.75) is 43.6 Å². The van der Waals surface area contributed by atoms with Gasteiger partial charge in [0.1, 0.15) is 11.1 Å². The van der Waals surface area contributed by atoms with E-state index in [1.54, 1.807) is 11.0 Å². The van der Waals surface area contributed by atoms with Gasteiger partial charge < -0.3 is 0 Å². The Morgan fingerprint density at radius 3 is 3.00 bits per heavy atom. The number of hydrogen-bond acceptors (Lipinski definition) is 7. The summed E-state index contributed by atoms with van der Waals surface area (Å²) >= 11 is 1.27. The van der Waals surface area contributed by atoms with Crippen molar-refractivity contribution in [3.63, 3.8) is 0 Å². The largest absolute Gasteiger partial charge is 0.305 e. The number of fused-ring (bicyclic) bond motifs is 1. The van der Waals surface area contributed by atoms with Gasteiger partial charge in [0.25, 0.3) is 6.20 Å². The van der Waals surface area contributed by atoms with Crippen LogP contribution in [0.3, 0.4) is 0 Å². The Bertz CT molecular complexity index is 884. The Balaban J connectivity index is 1.35. The van der Waals surface area contributed by atoms with Gasteiger partial charge in [0.15, 0.2) is 0 Å². The number of nitrogens with zero attached hydrogens (tertiary/aromatic N) is 5. The summed E-state index contributed by atoms with van der Waals surface area (Å²) in [4.78, 5) is 18.5. The highest BCUT2D eigenvalue weighted by Gasteiger charge is 2.23. The lowest BCUT2D eigenvalue weighted by molar-refractivity contribution is -0.759. The van der Waals surface area contributed by atoms with Crippen LogP contribution in [-0.2, 0) is 17.6 Å². The summed E-state index contributed by atoms with van der Waals surface area (Å²) in [5.41, 5.74) is 2.75. The molecule has 3 heterocycles. The quantitative estimate of drug-likeness (QED) is 0.616. The molecule has 27 heavy (non-hydrogen) atoms. The van der Waals surface area contributed by atoms with Gasteiger partial charge in [-0.3, -0.25) is 14.6 Å². The van der Waals surface area contributed by atoms with Gasteiger partial charge in [-0.25, -0.2) is 4.98 Å². The van der Waals surface area contributed by atoms with Crippen molar-refractivity contribution in [2.24, 2.45) is 0 Å². The molecule has 1 amide bonds. The average Bonchev–Trinajstić information content (AvgIpc) is 3.35. The molecule has 1 saturated heterocycles. The molecule has 1 aliphatic heterocycles. The minimum absolute atomic E-state index is 0.158. The summed E-state index contributed by atoms with van der Waals surface area (Å²) in [5, 5.41) is 18.7. The molecule has 2 aromatic heterocycles. The standard InChI is InChI=1S/C18H20N6O2S/c19-10-14-9-13-5-4-6-15(13)20-18(14)27-12-16(25)21-17-11-24(22-26-17)23-7-2-1-3-8-23/h9,11H,1-8,12H2/p+1. The van der Waals surface area contributed by atoms with Crippen molar-refractivity contribution < 1.29 is 14.1 Å². The first-order valence-corrected chi connectivity index (χ1v) is 10.2. The number of hydrogen-bond donors (Lipinski definition) is 1. The molecule has 8 nitrogen and oxygen atoms in total. The summed E-state index contributed by atoms with van der Waals surface area (Å²) in [5.74, 6) is 0.256. The van der Waals surface area contributed by atoms with E-state index in [-0.39, 0.29) is 11.7 Å². The van der Waals surface area contributed by atoms with Crippen LogP contribution < -0.4 is 15.1 Å². The predicted octanol–water partition coefficient (Wildman–Crippen LogP) is 1.57. The van der Waals surface area contributed by atoms with Crippen LogP contribution in [0.1, 0.15) is 42.5 Å². The lowest BCUT2D eigenvalue weighted by Gasteiger charge is -2.17. The number of pyridine rings is 1. The molecule has 2 aliphatic rings. The fourth-order valence-electron chi connectivity index (χ4n) is 3.46. The SMILES string of the molecule is N#Cc1cc2c(nc1SCC(=O)Nc1c[n+](N3CCCCC3)no1)CCC2. The fourth-order valence-corrected chi connectivity index (χ4v) is 4.23. The summed E-state index contributed by atoms with van der Waals surface area (Å²) in [6, 6.07) is 4.10. The number of aryl methyl sites for hydroxylation is 2. The zero-order chi connectivity index (χ0) is 18.6. The Morgan fingerprint density at radius 1 is 1.33 bits per heavy atom. The molecule has 0 radical (unpaired) electrons. The van der Waals surface area contributed by atoms with Crippen LogP contribution in [0.5, 0.6) is 0 Å². The normalized spacial score (nSPS) is 16.0. The molecule has 0 aromatic carbocycles. The second-order valence-corrected chi connectivity index (χ2v) is 7.71. The van der Waals surface area contributed by atoms with Gasteiger partial charge in [-0.05, 0) is 50.2 Å². The van der Waals surface area contributed by atoms with E-state index in [4.69, 9.17) is 4.52 Å². The number of aromatic nitrogens is 3. The number of carbonyl (C=O) groups excluding carboxylic acids is 1. The van der Waals surface area contributed by atoms with Crippen LogP contribution in [0.2, 0.25) is 0 Å². The zero-order valence-electron chi connectivity index (χ0n) is 15.0. The topological polar surface area (TPSA) is 98.9 Å². The Labute approximate surface area is 161 Å². The maximum Gasteiger partial charge on any atom is 0.305 e. The number of anilines is 1. The van der Waals surface area contributed by atoms with E-state index in [0.29, 0.717) is 16.5 Å². The van der Waals surface area contributed by atoms with Gasteiger partial charge in [-0.1, -0.05) is 11.8 Å². The number of nitrogens with one attached hydrogen (secondary N) is 1. The molecule has 0 saturated carbocycles. The van der Waals surface area contributed by atoms with Crippen molar-refractivity contribution in [1.82, 2.24) is 10.3 Å². The number of amides is 1. The molecular weight excluding hydrogens is 364 g/mol. The first-order chi connectivity index (χ1) is 13.2. The molecule has 0 spiro atoms. The van der Waals surface area contributed by atoms with Crippen molar-refractivity contribution in [3.8, 4) is 6.07 Å². The van der Waals surface area contributed by atoms with Crippen LogP contribution in [-0.4, -0.2) is 35.0 Å². The van der Waals surface area contributed by atoms with Gasteiger partial charge in [0.2, 0.25) is 11.2 Å². The summed E-state index contributed by atoms with van der Waals surface area (Å²) < 4.78 is 5.21. The third-order valence-corrected chi connectivity index (χ3v) is 5.81. The monoisotopic (exact) mass is 385 g/mol. The maximum absolute atomic E-state index is 12.3. The third kappa shape index (κ3) is 4.06. The number of carbonyl (C=O) groups is 1. The number of rotatable bonds is 5. The number of thioether (sulfide) groups is 1. The molecular formula is C18H21N6O2S+. The second kappa shape index (κ2) is 7.96. The number of piperidine rings is 1. The molecule has 9 heteroatoms. The van der Waals surface area contributed by atoms with E-state index in [2.05, 4.69) is 26.7 Å². The smallest absolute Gasteiger partial charge is 0.288 e. The Morgan fingerprint density at radius 2 is 2.19 bits per heavy atom. The highest BCUT2D eigenvalue weighted by Crippen LogP contribution is 2.27. The molecule has 0 bridgehead atoms. The first kappa shape index (κ1) is 17.8. The highest BCUT2D eigenvalue weighted by molar-refractivity contribution is 8.00. The third-order valence-electron chi connectivity index (χ3n) is 4.82. The van der Waals surface area contributed by atoms with Crippen molar-refractivity contribution in [2.75, 3.05) is 29.2 Å². The first-order valence-electron chi connectivity index (χ1n) is 9.22. The van der Waals surface area contributed by atoms with Crippen LogP contribution in [0.15, 0.2) is 21.8 Å². The van der Waals surface area contributed by atoms with Crippen LogP contribution in [0.4, 0.5) is 5.88 Å². The lowest BCUT2D eigenvalue weighted by atomic mass is 10.2. The van der Waals surface area contributed by atoms with Gasteiger partial charge in [-0.15, -0.1) is 0 Å². The fraction of sp³-hybridized carbons (Fsp3) is 0.500. The van der Waals surface area contributed by atoms with Gasteiger partial charge in [0.05, 0.1) is 29.2 Å². The molecule has 1 aliphatic carbocycles. The molecule has 0 unspecified atom stereocenters. The van der Waals surface area contributed by atoms with Gasteiger partial charge in [0, 0.05) is 5.69 Å². The lowest BCUT2D eigenvalue weighted by Crippen LogP contribution is -2.60. The summed E-state index contributed by atoms with van der Waals surface area (Å²) in [6.45, 7) is 1.86. The van der Waals surface area contributed by atoms with Crippen LogP contribution >= 0.6 is 11.8 Å². The number of nitriles is 1. The predicted molar refractivity (Wildman–Crippen MR) is 98.8 cm³/mol. The second-order valence-electron chi connectivity index (χ2n) is 6.75. The van der Waals surface area contributed by atoms with Gasteiger partial charge in [-0.2, -0.15) is 10.3 Å².